The molecule has 1 fully saturated rings. The topological polar surface area (TPSA) is 67.9 Å². The number of ether oxygens (including phenoxy) is 2. The highest BCUT2D eigenvalue weighted by atomic mass is 16.6. The number of carbonyl (C=O) groups excluding carboxylic acids is 2. The van der Waals surface area contributed by atoms with E-state index in [-0.39, 0.29) is 12.6 Å². The van der Waals surface area contributed by atoms with Crippen molar-refractivity contribution in [1.82, 2.24) is 10.2 Å². The molecule has 0 unspecified atom stereocenters. The normalized spacial score (nSPS) is 20.2. The monoisotopic (exact) mass is 418 g/mol. The van der Waals surface area contributed by atoms with Gasteiger partial charge in [-0.05, 0) is 44.6 Å². The molecule has 0 heterocycles. The molecule has 168 valence electrons. The molecule has 1 aliphatic rings. The second-order valence-electron chi connectivity index (χ2n) is 9.63. The summed E-state index contributed by atoms with van der Waals surface area (Å²) in [6.45, 7) is 8.45. The third-order valence-electron chi connectivity index (χ3n) is 5.49. The minimum Gasteiger partial charge on any atom is -0.445 e. The Kier molecular flexibility index (Phi) is 9.00. The van der Waals surface area contributed by atoms with Crippen LogP contribution in [0.25, 0.3) is 0 Å². The van der Waals surface area contributed by atoms with Crippen LogP contribution in [0.3, 0.4) is 0 Å². The average molecular weight is 419 g/mol. The van der Waals surface area contributed by atoms with E-state index >= 15 is 0 Å². The number of benzene rings is 1. The molecule has 1 aromatic rings. The van der Waals surface area contributed by atoms with Crippen molar-refractivity contribution in [1.29, 1.82) is 0 Å². The van der Waals surface area contributed by atoms with Gasteiger partial charge in [-0.2, -0.15) is 0 Å². The van der Waals surface area contributed by atoms with Crippen LogP contribution in [0, 0.1) is 11.8 Å². The highest BCUT2D eigenvalue weighted by molar-refractivity contribution is 5.69. The fourth-order valence-corrected chi connectivity index (χ4v) is 3.86. The zero-order valence-corrected chi connectivity index (χ0v) is 19.1. The molecule has 0 radical (unpaired) electrons. The van der Waals surface area contributed by atoms with E-state index in [9.17, 15) is 9.59 Å². The first-order chi connectivity index (χ1) is 14.1. The van der Waals surface area contributed by atoms with Crippen LogP contribution in [0.15, 0.2) is 30.3 Å². The third kappa shape index (κ3) is 9.06. The van der Waals surface area contributed by atoms with Gasteiger partial charge in [0, 0.05) is 13.6 Å². The number of hydrogen-bond acceptors (Lipinski definition) is 4. The van der Waals surface area contributed by atoms with Crippen LogP contribution < -0.4 is 5.32 Å². The van der Waals surface area contributed by atoms with Gasteiger partial charge in [-0.1, -0.05) is 62.9 Å². The zero-order valence-electron chi connectivity index (χ0n) is 19.1. The molecule has 0 aliphatic heterocycles. The molecular formula is C24H38N2O4. The lowest BCUT2D eigenvalue weighted by Gasteiger charge is -2.32. The number of carbonyl (C=O) groups is 2. The zero-order chi connectivity index (χ0) is 22.1. The van der Waals surface area contributed by atoms with E-state index < -0.39 is 17.8 Å². The summed E-state index contributed by atoms with van der Waals surface area (Å²) in [6, 6.07) is 9.43. The molecule has 0 saturated heterocycles. The van der Waals surface area contributed by atoms with E-state index in [2.05, 4.69) is 12.2 Å². The van der Waals surface area contributed by atoms with Crippen LogP contribution in [0.2, 0.25) is 0 Å². The highest BCUT2D eigenvalue weighted by Crippen LogP contribution is 2.31. The minimum absolute atomic E-state index is 0.174. The second-order valence-corrected chi connectivity index (χ2v) is 9.63. The number of alkyl carbamates (subject to hydrolysis) is 1. The van der Waals surface area contributed by atoms with Gasteiger partial charge in [0.2, 0.25) is 0 Å². The summed E-state index contributed by atoms with van der Waals surface area (Å²) in [5, 5.41) is 2.98. The summed E-state index contributed by atoms with van der Waals surface area (Å²) >= 11 is 0. The number of nitrogens with zero attached hydrogens (tertiary/aromatic N) is 1. The average Bonchev–Trinajstić information content (AvgIpc) is 2.67. The SMILES string of the molecule is CN(C[C@H](C[C@H]1CC[C@@H](C)CC1)NC(=O)OC(C)(C)C)C(=O)OCc1ccccc1. The number of hydrogen-bond donors (Lipinski definition) is 1. The fourth-order valence-electron chi connectivity index (χ4n) is 3.86. The molecular weight excluding hydrogens is 380 g/mol. The Balaban J connectivity index is 1.92. The van der Waals surface area contributed by atoms with Gasteiger partial charge >= 0.3 is 12.2 Å². The van der Waals surface area contributed by atoms with E-state index in [4.69, 9.17) is 9.47 Å². The van der Waals surface area contributed by atoms with E-state index in [1.807, 2.05) is 51.1 Å². The number of rotatable bonds is 7. The molecule has 1 N–H and O–H groups in total. The standard InChI is InChI=1S/C24H38N2O4/c1-18-11-13-19(14-12-18)15-21(25-22(27)30-24(2,3)4)16-26(5)23(28)29-17-20-9-7-6-8-10-20/h6-10,18-19,21H,11-17H2,1-5H3,(H,25,27)/t18-,19+,21-/m0/s1. The van der Waals surface area contributed by atoms with E-state index in [1.165, 1.54) is 17.7 Å². The third-order valence-corrected chi connectivity index (χ3v) is 5.49. The molecule has 2 amide bonds. The predicted octanol–water partition coefficient (Wildman–Crippen LogP) is 5.36. The highest BCUT2D eigenvalue weighted by Gasteiger charge is 2.27. The summed E-state index contributed by atoms with van der Waals surface area (Å²) in [5.74, 6) is 1.32. The summed E-state index contributed by atoms with van der Waals surface area (Å²) in [7, 11) is 1.71. The van der Waals surface area contributed by atoms with Crippen LogP contribution in [-0.2, 0) is 16.1 Å². The summed E-state index contributed by atoms with van der Waals surface area (Å²) in [5.41, 5.74) is 0.383. The van der Waals surface area contributed by atoms with Crippen molar-refractivity contribution in [2.75, 3.05) is 13.6 Å². The lowest BCUT2D eigenvalue weighted by molar-refractivity contribution is 0.0472. The van der Waals surface area contributed by atoms with Crippen molar-refractivity contribution in [3.8, 4) is 0 Å². The van der Waals surface area contributed by atoms with Crippen LogP contribution in [-0.4, -0.2) is 42.3 Å². The number of likely N-dealkylation sites (N-methyl/N-ethyl adjacent to an activating group) is 1. The van der Waals surface area contributed by atoms with E-state index in [1.54, 1.807) is 7.05 Å². The molecule has 1 atom stereocenters. The second kappa shape index (κ2) is 11.2. The molecule has 2 rings (SSSR count). The summed E-state index contributed by atoms with van der Waals surface area (Å²) < 4.78 is 10.9. The summed E-state index contributed by atoms with van der Waals surface area (Å²) in [4.78, 5) is 26.4. The lowest BCUT2D eigenvalue weighted by atomic mass is 9.80. The Morgan fingerprint density at radius 2 is 1.77 bits per heavy atom. The molecule has 6 nitrogen and oxygen atoms in total. The van der Waals surface area contributed by atoms with Crippen molar-refractivity contribution in [2.45, 2.75) is 78.0 Å². The van der Waals surface area contributed by atoms with Crippen LogP contribution in [0.4, 0.5) is 9.59 Å². The Morgan fingerprint density at radius 3 is 2.37 bits per heavy atom. The number of nitrogens with one attached hydrogen (secondary N) is 1. The van der Waals surface area contributed by atoms with Gasteiger partial charge in [0.25, 0.3) is 0 Å². The Hall–Kier alpha value is -2.24. The molecule has 1 aromatic carbocycles. The predicted molar refractivity (Wildman–Crippen MR) is 118 cm³/mol. The first-order valence-corrected chi connectivity index (χ1v) is 11.0. The molecule has 1 saturated carbocycles. The van der Waals surface area contributed by atoms with Crippen molar-refractivity contribution < 1.29 is 19.1 Å². The van der Waals surface area contributed by atoms with Crippen LogP contribution >= 0.6 is 0 Å². The summed E-state index contributed by atoms with van der Waals surface area (Å²) in [6.07, 6.45) is 4.76. The van der Waals surface area contributed by atoms with Crippen molar-refractivity contribution in [3.05, 3.63) is 35.9 Å². The first kappa shape index (κ1) is 24.0. The van der Waals surface area contributed by atoms with Crippen molar-refractivity contribution in [2.24, 2.45) is 11.8 Å². The fraction of sp³-hybridized carbons (Fsp3) is 0.667. The van der Waals surface area contributed by atoms with Gasteiger partial charge in [-0.3, -0.25) is 0 Å². The Morgan fingerprint density at radius 1 is 1.13 bits per heavy atom. The largest absolute Gasteiger partial charge is 0.445 e. The van der Waals surface area contributed by atoms with Crippen molar-refractivity contribution in [3.63, 3.8) is 0 Å². The molecule has 30 heavy (non-hydrogen) atoms. The molecule has 0 bridgehead atoms. The van der Waals surface area contributed by atoms with Gasteiger partial charge in [0.1, 0.15) is 12.2 Å². The van der Waals surface area contributed by atoms with Gasteiger partial charge in [0.05, 0.1) is 6.04 Å². The maximum atomic E-state index is 12.5. The van der Waals surface area contributed by atoms with Gasteiger partial charge in [-0.15, -0.1) is 0 Å². The first-order valence-electron chi connectivity index (χ1n) is 11.0. The smallest absolute Gasteiger partial charge is 0.409 e. The molecule has 0 spiro atoms. The lowest BCUT2D eigenvalue weighted by Crippen LogP contribution is -2.47. The maximum Gasteiger partial charge on any atom is 0.409 e. The molecule has 1 aliphatic carbocycles. The minimum atomic E-state index is -0.560. The van der Waals surface area contributed by atoms with E-state index in [0.717, 1.165) is 30.7 Å². The van der Waals surface area contributed by atoms with Crippen LogP contribution in [0.1, 0.15) is 65.4 Å². The van der Waals surface area contributed by atoms with Crippen molar-refractivity contribution >= 4 is 12.2 Å². The van der Waals surface area contributed by atoms with Gasteiger partial charge < -0.3 is 19.7 Å². The Bertz CT molecular complexity index is 664. The van der Waals surface area contributed by atoms with Crippen LogP contribution in [0.5, 0.6) is 0 Å². The van der Waals surface area contributed by atoms with Gasteiger partial charge in [0.15, 0.2) is 0 Å². The Labute approximate surface area is 181 Å². The molecule has 0 aromatic heterocycles. The van der Waals surface area contributed by atoms with E-state index in [0.29, 0.717) is 12.5 Å². The quantitative estimate of drug-likeness (QED) is 0.647. The van der Waals surface area contributed by atoms with Gasteiger partial charge in [-0.25, -0.2) is 9.59 Å². The number of amides is 2. The molecule has 6 heteroatoms. The maximum absolute atomic E-state index is 12.5.